The molecule has 0 saturated heterocycles. The molecule has 33 heavy (non-hydrogen) atoms. The van der Waals surface area contributed by atoms with Gasteiger partial charge in [0.1, 0.15) is 5.56 Å². The zero-order chi connectivity index (χ0) is 23.5. The fourth-order valence-corrected chi connectivity index (χ4v) is 6.73. The quantitative estimate of drug-likeness (QED) is 0.547. The van der Waals surface area contributed by atoms with E-state index < -0.39 is 21.4 Å². The molecule has 2 aliphatic carbocycles. The summed E-state index contributed by atoms with van der Waals surface area (Å²) < 4.78 is 34.1. The van der Waals surface area contributed by atoms with Crippen LogP contribution in [-0.4, -0.2) is 37.4 Å². The van der Waals surface area contributed by atoms with Crippen LogP contribution in [0, 0.1) is 0 Å². The molecule has 0 radical (unpaired) electrons. The summed E-state index contributed by atoms with van der Waals surface area (Å²) in [5, 5.41) is 9.84. The molecule has 0 bridgehead atoms. The second kappa shape index (κ2) is 7.96. The number of carbonyl (C=O) groups is 1. The number of pyridine rings is 1. The van der Waals surface area contributed by atoms with Crippen LogP contribution in [0.4, 0.5) is 0 Å². The highest BCUT2D eigenvalue weighted by Crippen LogP contribution is 2.46. The van der Waals surface area contributed by atoms with Gasteiger partial charge in [0.05, 0.1) is 24.3 Å². The topological polar surface area (TPSA) is 115 Å². The van der Waals surface area contributed by atoms with Gasteiger partial charge < -0.3 is 14.4 Å². The summed E-state index contributed by atoms with van der Waals surface area (Å²) in [5.41, 5.74) is 1.62. The van der Waals surface area contributed by atoms with Crippen molar-refractivity contribution in [3.63, 3.8) is 0 Å². The van der Waals surface area contributed by atoms with E-state index in [1.165, 1.54) is 12.5 Å². The number of rotatable bonds is 6. The Morgan fingerprint density at radius 2 is 2.03 bits per heavy atom. The third-order valence-corrected chi connectivity index (χ3v) is 8.21. The zero-order valence-corrected chi connectivity index (χ0v) is 19.9. The van der Waals surface area contributed by atoms with Crippen LogP contribution < -0.4 is 14.9 Å². The Bertz CT molecular complexity index is 1450. The molecule has 2 aliphatic rings. The van der Waals surface area contributed by atoms with Crippen molar-refractivity contribution in [1.29, 1.82) is 0 Å². The molecule has 2 heterocycles. The molecule has 8 nitrogen and oxygen atoms in total. The molecule has 1 saturated carbocycles. The minimum atomic E-state index is -3.34. The van der Waals surface area contributed by atoms with Gasteiger partial charge in [0.2, 0.25) is 15.5 Å². The maximum absolute atomic E-state index is 12.9. The molecular weight excluding hydrogens is 464 g/mol. The van der Waals surface area contributed by atoms with E-state index in [-0.39, 0.29) is 17.6 Å². The predicted octanol–water partition coefficient (Wildman–Crippen LogP) is 3.70. The lowest BCUT2D eigenvalue weighted by molar-refractivity contribution is 0.0694. The number of aryl methyl sites for hydroxylation is 1. The van der Waals surface area contributed by atoms with Crippen LogP contribution in [0.5, 0.6) is 5.75 Å². The normalized spacial score (nSPS) is 18.3. The van der Waals surface area contributed by atoms with Gasteiger partial charge in [-0.1, -0.05) is 0 Å². The zero-order valence-electron chi connectivity index (χ0n) is 18.3. The first-order valence-electron chi connectivity index (χ1n) is 10.8. The Morgan fingerprint density at radius 3 is 2.67 bits per heavy atom. The van der Waals surface area contributed by atoms with Gasteiger partial charge in [-0.2, -0.15) is 0 Å². The number of hydrogen-bond acceptors (Lipinski definition) is 6. The Labute approximate surface area is 194 Å². The third kappa shape index (κ3) is 3.96. The molecule has 2 aromatic heterocycles. The molecule has 3 aromatic rings. The molecule has 0 amide bonds. The van der Waals surface area contributed by atoms with E-state index in [0.29, 0.717) is 16.7 Å². The summed E-state index contributed by atoms with van der Waals surface area (Å²) in [5.74, 6) is -0.714. The average molecular weight is 489 g/mol. The van der Waals surface area contributed by atoms with E-state index in [1.54, 1.807) is 30.6 Å². The largest absolute Gasteiger partial charge is 0.494 e. The summed E-state index contributed by atoms with van der Waals surface area (Å²) >= 11 is 1.60. The van der Waals surface area contributed by atoms with Crippen molar-refractivity contribution in [2.24, 2.45) is 0 Å². The van der Waals surface area contributed by atoms with Crippen LogP contribution >= 0.6 is 11.3 Å². The highest BCUT2D eigenvalue weighted by molar-refractivity contribution is 7.88. The summed E-state index contributed by atoms with van der Waals surface area (Å²) in [7, 11) is -1.80. The van der Waals surface area contributed by atoms with Gasteiger partial charge in [0.15, 0.2) is 5.75 Å². The standard InChI is InChI=1S/C23H24N2O6S2/c1-31-22-13(19-10-15-17(24-33(2,29)30)4-3-5-18(15)32-19)8-9-14-20(22)25(12-6-7-12)11-16(21(14)26)23(27)28/h8-12,17,24H,3-7H2,1-2H3,(H,27,28). The maximum atomic E-state index is 12.9. The predicted molar refractivity (Wildman–Crippen MR) is 127 cm³/mol. The Kier molecular flexibility index (Phi) is 5.34. The lowest BCUT2D eigenvalue weighted by atomic mass is 9.94. The van der Waals surface area contributed by atoms with Crippen LogP contribution in [-0.2, 0) is 16.4 Å². The lowest BCUT2D eigenvalue weighted by Crippen LogP contribution is -2.29. The molecule has 174 valence electrons. The van der Waals surface area contributed by atoms with Crippen molar-refractivity contribution in [3.05, 3.63) is 50.6 Å². The van der Waals surface area contributed by atoms with Crippen LogP contribution in [0.2, 0.25) is 0 Å². The van der Waals surface area contributed by atoms with Crippen molar-refractivity contribution in [2.75, 3.05) is 13.4 Å². The first-order chi connectivity index (χ1) is 15.7. The number of thiophene rings is 1. The van der Waals surface area contributed by atoms with E-state index in [0.717, 1.165) is 53.0 Å². The molecular formula is C23H24N2O6S2. The van der Waals surface area contributed by atoms with Crippen molar-refractivity contribution in [1.82, 2.24) is 9.29 Å². The van der Waals surface area contributed by atoms with E-state index >= 15 is 0 Å². The van der Waals surface area contributed by atoms with Gasteiger partial charge in [0.25, 0.3) is 0 Å². The van der Waals surface area contributed by atoms with E-state index in [2.05, 4.69) is 4.72 Å². The van der Waals surface area contributed by atoms with Crippen molar-refractivity contribution in [3.8, 4) is 16.2 Å². The van der Waals surface area contributed by atoms with E-state index in [4.69, 9.17) is 4.74 Å². The molecule has 1 aromatic carbocycles. The highest BCUT2D eigenvalue weighted by atomic mass is 32.2. The number of nitrogens with zero attached hydrogens (tertiary/aromatic N) is 1. The fourth-order valence-electron chi connectivity index (χ4n) is 4.68. The van der Waals surface area contributed by atoms with Crippen LogP contribution in [0.1, 0.15) is 58.6 Å². The van der Waals surface area contributed by atoms with Crippen molar-refractivity contribution in [2.45, 2.75) is 44.2 Å². The van der Waals surface area contributed by atoms with E-state index in [9.17, 15) is 23.1 Å². The number of sulfonamides is 1. The van der Waals surface area contributed by atoms with Crippen LogP contribution in [0.25, 0.3) is 21.3 Å². The minimum Gasteiger partial charge on any atom is -0.494 e. The lowest BCUT2D eigenvalue weighted by Gasteiger charge is -2.22. The number of aromatic carboxylic acids is 1. The van der Waals surface area contributed by atoms with Gasteiger partial charge in [-0.05, 0) is 55.9 Å². The van der Waals surface area contributed by atoms with Gasteiger partial charge in [-0.25, -0.2) is 17.9 Å². The molecule has 2 N–H and O–H groups in total. The molecule has 5 rings (SSSR count). The van der Waals surface area contributed by atoms with Crippen molar-refractivity contribution >= 4 is 38.2 Å². The molecule has 0 aliphatic heterocycles. The maximum Gasteiger partial charge on any atom is 0.341 e. The van der Waals surface area contributed by atoms with Gasteiger partial charge in [-0.3, -0.25) is 4.79 Å². The highest BCUT2D eigenvalue weighted by Gasteiger charge is 2.30. The summed E-state index contributed by atoms with van der Waals surface area (Å²) in [6.07, 6.45) is 6.95. The summed E-state index contributed by atoms with van der Waals surface area (Å²) in [6, 6.07) is 5.35. The number of nitrogens with one attached hydrogen (secondary N) is 1. The minimum absolute atomic E-state index is 0.134. The van der Waals surface area contributed by atoms with Crippen molar-refractivity contribution < 1.29 is 23.1 Å². The number of hydrogen-bond donors (Lipinski definition) is 2. The molecule has 1 unspecified atom stereocenters. The number of fused-ring (bicyclic) bond motifs is 2. The number of carboxylic acid groups (broad SMARTS) is 1. The smallest absolute Gasteiger partial charge is 0.341 e. The van der Waals surface area contributed by atoms with Crippen LogP contribution in [0.3, 0.4) is 0 Å². The fraction of sp³-hybridized carbons (Fsp3) is 0.391. The first-order valence-corrected chi connectivity index (χ1v) is 13.5. The summed E-state index contributed by atoms with van der Waals surface area (Å²) in [6.45, 7) is 0. The SMILES string of the molecule is COc1c(-c2cc3c(s2)CCCC3NS(C)(=O)=O)ccc2c(=O)c(C(=O)O)cn(C3CC3)c12. The Balaban J connectivity index is 1.71. The Hall–Kier alpha value is -2.69. The second-order valence-electron chi connectivity index (χ2n) is 8.68. The van der Waals surface area contributed by atoms with Gasteiger partial charge in [0, 0.05) is 33.6 Å². The monoisotopic (exact) mass is 488 g/mol. The molecule has 0 spiro atoms. The summed E-state index contributed by atoms with van der Waals surface area (Å²) in [4.78, 5) is 26.6. The number of ether oxygens (including phenoxy) is 1. The first kappa shape index (κ1) is 22.1. The second-order valence-corrected chi connectivity index (χ2v) is 11.6. The number of methoxy groups -OCH3 is 1. The Morgan fingerprint density at radius 1 is 1.27 bits per heavy atom. The van der Waals surface area contributed by atoms with Gasteiger partial charge >= 0.3 is 5.97 Å². The van der Waals surface area contributed by atoms with Gasteiger partial charge in [-0.15, -0.1) is 11.3 Å². The number of benzene rings is 1. The van der Waals surface area contributed by atoms with Crippen LogP contribution in [0.15, 0.2) is 29.2 Å². The molecule has 10 heteroatoms. The number of aromatic nitrogens is 1. The third-order valence-electron chi connectivity index (χ3n) is 6.26. The van der Waals surface area contributed by atoms with E-state index in [1.807, 2.05) is 10.6 Å². The average Bonchev–Trinajstić information content (AvgIpc) is 3.50. The molecule has 1 fully saturated rings. The molecule has 1 atom stereocenters. The number of carboxylic acids is 1.